The van der Waals surface area contributed by atoms with Gasteiger partial charge in [-0.25, -0.2) is 0 Å². The Bertz CT molecular complexity index is 871. The third kappa shape index (κ3) is 4.26. The number of nitrogens with zero attached hydrogens (tertiary/aromatic N) is 2. The van der Waals surface area contributed by atoms with Crippen molar-refractivity contribution in [3.63, 3.8) is 0 Å². The first-order valence-corrected chi connectivity index (χ1v) is 8.91. The minimum absolute atomic E-state index is 0.0910. The molecule has 1 fully saturated rings. The SMILES string of the molecule is CCOc1ccccc1N1C[C@@H](C(=O)Nc2ccc(CC#N)cc2)CC1=O. The molecule has 6 nitrogen and oxygen atoms in total. The monoisotopic (exact) mass is 363 g/mol. The first-order chi connectivity index (χ1) is 13.1. The highest BCUT2D eigenvalue weighted by atomic mass is 16.5. The van der Waals surface area contributed by atoms with Crippen LogP contribution in [0.2, 0.25) is 0 Å². The van der Waals surface area contributed by atoms with E-state index < -0.39 is 5.92 Å². The molecule has 0 spiro atoms. The Balaban J connectivity index is 1.68. The van der Waals surface area contributed by atoms with Crippen LogP contribution in [0.15, 0.2) is 48.5 Å². The van der Waals surface area contributed by atoms with Crippen LogP contribution < -0.4 is 15.0 Å². The molecule has 0 unspecified atom stereocenters. The number of amides is 2. The number of hydrogen-bond acceptors (Lipinski definition) is 4. The highest BCUT2D eigenvalue weighted by Gasteiger charge is 2.36. The van der Waals surface area contributed by atoms with Gasteiger partial charge in [-0.05, 0) is 36.8 Å². The maximum absolute atomic E-state index is 12.6. The fourth-order valence-corrected chi connectivity index (χ4v) is 3.12. The largest absolute Gasteiger partial charge is 0.492 e. The van der Waals surface area contributed by atoms with E-state index in [0.29, 0.717) is 36.7 Å². The predicted octanol–water partition coefficient (Wildman–Crippen LogP) is 3.14. The summed E-state index contributed by atoms with van der Waals surface area (Å²) in [6.45, 7) is 2.72. The molecule has 2 aromatic carbocycles. The quantitative estimate of drug-likeness (QED) is 0.855. The number of carbonyl (C=O) groups is 2. The van der Waals surface area contributed by atoms with E-state index in [2.05, 4.69) is 11.4 Å². The maximum atomic E-state index is 12.6. The van der Waals surface area contributed by atoms with Crippen LogP contribution >= 0.6 is 0 Å². The molecule has 1 aliphatic rings. The smallest absolute Gasteiger partial charge is 0.229 e. The second-order valence-corrected chi connectivity index (χ2v) is 6.33. The fourth-order valence-electron chi connectivity index (χ4n) is 3.12. The van der Waals surface area contributed by atoms with E-state index in [1.54, 1.807) is 17.0 Å². The van der Waals surface area contributed by atoms with Gasteiger partial charge in [0.25, 0.3) is 0 Å². The van der Waals surface area contributed by atoms with E-state index in [4.69, 9.17) is 10.00 Å². The van der Waals surface area contributed by atoms with Crippen molar-refractivity contribution in [2.75, 3.05) is 23.4 Å². The number of benzene rings is 2. The van der Waals surface area contributed by atoms with Crippen LogP contribution in [0.4, 0.5) is 11.4 Å². The van der Waals surface area contributed by atoms with Gasteiger partial charge in [-0.15, -0.1) is 0 Å². The molecule has 0 aliphatic carbocycles. The molecule has 1 aliphatic heterocycles. The first kappa shape index (κ1) is 18.5. The van der Waals surface area contributed by atoms with Gasteiger partial charge in [0.15, 0.2) is 0 Å². The predicted molar refractivity (Wildman–Crippen MR) is 102 cm³/mol. The highest BCUT2D eigenvalue weighted by molar-refractivity contribution is 6.04. The lowest BCUT2D eigenvalue weighted by Gasteiger charge is -2.20. The molecule has 138 valence electrons. The summed E-state index contributed by atoms with van der Waals surface area (Å²) >= 11 is 0. The number of hydrogen-bond donors (Lipinski definition) is 1. The summed E-state index contributed by atoms with van der Waals surface area (Å²) in [5.74, 6) is -0.0621. The average Bonchev–Trinajstić information content (AvgIpc) is 3.06. The van der Waals surface area contributed by atoms with Crippen molar-refractivity contribution < 1.29 is 14.3 Å². The van der Waals surface area contributed by atoms with Crippen LogP contribution in [-0.4, -0.2) is 25.0 Å². The molecule has 0 saturated carbocycles. The van der Waals surface area contributed by atoms with Gasteiger partial charge in [0.05, 0.1) is 30.7 Å². The Labute approximate surface area is 158 Å². The van der Waals surface area contributed by atoms with Crippen LogP contribution in [0.1, 0.15) is 18.9 Å². The van der Waals surface area contributed by atoms with Crippen molar-refractivity contribution >= 4 is 23.2 Å². The second kappa shape index (κ2) is 8.37. The summed E-state index contributed by atoms with van der Waals surface area (Å²) in [7, 11) is 0. The Kier molecular flexibility index (Phi) is 5.72. The summed E-state index contributed by atoms with van der Waals surface area (Å²) in [5, 5.41) is 11.6. The van der Waals surface area contributed by atoms with Crippen LogP contribution in [0, 0.1) is 17.2 Å². The lowest BCUT2D eigenvalue weighted by atomic mass is 10.1. The molecule has 0 radical (unpaired) electrons. The number of ether oxygens (including phenoxy) is 1. The van der Waals surface area contributed by atoms with Crippen LogP contribution in [0.25, 0.3) is 0 Å². The Morgan fingerprint density at radius 2 is 2.00 bits per heavy atom. The van der Waals surface area contributed by atoms with E-state index >= 15 is 0 Å². The molecule has 2 aromatic rings. The van der Waals surface area contributed by atoms with Crippen molar-refractivity contribution in [3.05, 3.63) is 54.1 Å². The number of para-hydroxylation sites is 2. The highest BCUT2D eigenvalue weighted by Crippen LogP contribution is 2.33. The number of anilines is 2. The van der Waals surface area contributed by atoms with Crippen molar-refractivity contribution in [2.24, 2.45) is 5.92 Å². The maximum Gasteiger partial charge on any atom is 0.229 e. The third-order valence-electron chi connectivity index (χ3n) is 4.46. The summed E-state index contributed by atoms with van der Waals surface area (Å²) < 4.78 is 5.60. The number of nitriles is 1. The van der Waals surface area contributed by atoms with Crippen LogP contribution in [-0.2, 0) is 16.0 Å². The second-order valence-electron chi connectivity index (χ2n) is 6.33. The molecule has 3 rings (SSSR count). The summed E-state index contributed by atoms with van der Waals surface area (Å²) in [5.41, 5.74) is 2.24. The molecule has 2 amide bonds. The summed E-state index contributed by atoms with van der Waals surface area (Å²) in [6.07, 6.45) is 0.498. The molecule has 0 bridgehead atoms. The van der Waals surface area contributed by atoms with Gasteiger partial charge in [0.2, 0.25) is 11.8 Å². The Hall–Kier alpha value is -3.33. The van der Waals surface area contributed by atoms with Gasteiger partial charge in [-0.2, -0.15) is 5.26 Å². The molecule has 1 N–H and O–H groups in total. The number of carbonyl (C=O) groups excluding carboxylic acids is 2. The van der Waals surface area contributed by atoms with Gasteiger partial charge < -0.3 is 15.0 Å². The number of nitrogens with one attached hydrogen (secondary N) is 1. The summed E-state index contributed by atoms with van der Waals surface area (Å²) in [4.78, 5) is 26.7. The molecule has 1 atom stereocenters. The molecule has 1 saturated heterocycles. The zero-order valence-corrected chi connectivity index (χ0v) is 15.1. The molecule has 6 heteroatoms. The van der Waals surface area contributed by atoms with Gasteiger partial charge in [0, 0.05) is 18.7 Å². The van der Waals surface area contributed by atoms with E-state index in [1.807, 2.05) is 43.3 Å². The zero-order chi connectivity index (χ0) is 19.2. The molecule has 1 heterocycles. The Morgan fingerprint density at radius 1 is 1.26 bits per heavy atom. The standard InChI is InChI=1S/C21H21N3O3/c1-2-27-19-6-4-3-5-18(19)24-14-16(13-20(24)25)21(26)23-17-9-7-15(8-10-17)11-12-22/h3-10,16H,2,11,13-14H2,1H3,(H,23,26)/t16-/m0/s1. The van der Waals surface area contributed by atoms with Crippen molar-refractivity contribution in [1.82, 2.24) is 0 Å². The van der Waals surface area contributed by atoms with Crippen LogP contribution in [0.3, 0.4) is 0 Å². The van der Waals surface area contributed by atoms with E-state index in [9.17, 15) is 9.59 Å². The number of rotatable bonds is 6. The third-order valence-corrected chi connectivity index (χ3v) is 4.46. The molecular weight excluding hydrogens is 342 g/mol. The lowest BCUT2D eigenvalue weighted by Crippen LogP contribution is -2.28. The average molecular weight is 363 g/mol. The van der Waals surface area contributed by atoms with Gasteiger partial charge in [-0.3, -0.25) is 9.59 Å². The zero-order valence-electron chi connectivity index (χ0n) is 15.1. The molecule has 27 heavy (non-hydrogen) atoms. The minimum Gasteiger partial charge on any atom is -0.492 e. The van der Waals surface area contributed by atoms with Crippen molar-refractivity contribution in [1.29, 1.82) is 5.26 Å². The van der Waals surface area contributed by atoms with E-state index in [1.165, 1.54) is 0 Å². The molecular formula is C21H21N3O3. The van der Waals surface area contributed by atoms with Crippen molar-refractivity contribution in [2.45, 2.75) is 19.8 Å². The first-order valence-electron chi connectivity index (χ1n) is 8.91. The van der Waals surface area contributed by atoms with E-state index in [0.717, 1.165) is 5.56 Å². The fraction of sp³-hybridized carbons (Fsp3) is 0.286. The van der Waals surface area contributed by atoms with Gasteiger partial charge >= 0.3 is 0 Å². The Morgan fingerprint density at radius 3 is 2.70 bits per heavy atom. The van der Waals surface area contributed by atoms with E-state index in [-0.39, 0.29) is 18.2 Å². The lowest BCUT2D eigenvalue weighted by molar-refractivity contribution is -0.122. The minimum atomic E-state index is -0.425. The van der Waals surface area contributed by atoms with Crippen LogP contribution in [0.5, 0.6) is 5.75 Å². The normalized spacial score (nSPS) is 16.1. The van der Waals surface area contributed by atoms with Gasteiger partial charge in [-0.1, -0.05) is 24.3 Å². The van der Waals surface area contributed by atoms with Gasteiger partial charge in [0.1, 0.15) is 5.75 Å². The topological polar surface area (TPSA) is 82.4 Å². The summed E-state index contributed by atoms with van der Waals surface area (Å²) in [6, 6.07) is 16.6. The molecule has 0 aromatic heterocycles. The van der Waals surface area contributed by atoms with Crippen molar-refractivity contribution in [3.8, 4) is 11.8 Å².